The maximum absolute atomic E-state index is 12.5. The maximum Gasteiger partial charge on any atom is 0.260 e. The summed E-state index contributed by atoms with van der Waals surface area (Å²) in [5.74, 6) is 2.24. The van der Waals surface area contributed by atoms with Crippen LogP contribution in [0.15, 0.2) is 36.7 Å². The Hall–Kier alpha value is -3.16. The van der Waals surface area contributed by atoms with Gasteiger partial charge in [0, 0.05) is 37.9 Å². The highest BCUT2D eigenvalue weighted by Gasteiger charge is 2.23. The number of amides is 1. The van der Waals surface area contributed by atoms with E-state index in [9.17, 15) is 4.79 Å². The minimum absolute atomic E-state index is 0.0104. The third-order valence-corrected chi connectivity index (χ3v) is 5.02. The average Bonchev–Trinajstić information content (AvgIpc) is 3.20. The lowest BCUT2D eigenvalue weighted by Gasteiger charge is -2.35. The molecule has 0 atom stereocenters. The van der Waals surface area contributed by atoms with Crippen LogP contribution in [0.25, 0.3) is 5.78 Å². The van der Waals surface area contributed by atoms with Crippen molar-refractivity contribution in [3.05, 3.63) is 47.9 Å². The zero-order chi connectivity index (χ0) is 19.5. The van der Waals surface area contributed by atoms with Gasteiger partial charge in [-0.1, -0.05) is 19.1 Å². The van der Waals surface area contributed by atoms with Crippen LogP contribution in [0.4, 0.5) is 5.82 Å². The molecule has 1 amide bonds. The van der Waals surface area contributed by atoms with Crippen LogP contribution in [-0.4, -0.2) is 63.2 Å². The van der Waals surface area contributed by atoms with Crippen LogP contribution in [0.5, 0.6) is 5.75 Å². The minimum atomic E-state index is 0.0104. The highest BCUT2D eigenvalue weighted by atomic mass is 16.5. The van der Waals surface area contributed by atoms with Crippen molar-refractivity contribution >= 4 is 17.5 Å². The van der Waals surface area contributed by atoms with Gasteiger partial charge in [-0.3, -0.25) is 9.20 Å². The van der Waals surface area contributed by atoms with Crippen molar-refractivity contribution in [2.75, 3.05) is 37.7 Å². The van der Waals surface area contributed by atoms with E-state index in [1.807, 2.05) is 40.5 Å². The van der Waals surface area contributed by atoms with Gasteiger partial charge < -0.3 is 14.5 Å². The molecule has 1 aliphatic rings. The van der Waals surface area contributed by atoms with Crippen molar-refractivity contribution in [3.8, 4) is 5.75 Å². The van der Waals surface area contributed by atoms with E-state index < -0.39 is 0 Å². The summed E-state index contributed by atoms with van der Waals surface area (Å²) in [5.41, 5.74) is 2.23. The van der Waals surface area contributed by atoms with Crippen molar-refractivity contribution in [2.24, 2.45) is 0 Å². The van der Waals surface area contributed by atoms with E-state index >= 15 is 0 Å². The fourth-order valence-electron chi connectivity index (χ4n) is 3.42. The third kappa shape index (κ3) is 3.76. The number of ether oxygens (including phenoxy) is 1. The number of aryl methyl sites for hydroxylation is 2. The first kappa shape index (κ1) is 18.2. The first-order valence-corrected chi connectivity index (χ1v) is 9.56. The normalized spacial score (nSPS) is 14.5. The summed E-state index contributed by atoms with van der Waals surface area (Å²) in [6, 6.07) is 9.81. The van der Waals surface area contributed by atoms with E-state index in [0.29, 0.717) is 18.9 Å². The van der Waals surface area contributed by atoms with Crippen molar-refractivity contribution in [2.45, 2.75) is 20.3 Å². The van der Waals surface area contributed by atoms with Gasteiger partial charge in [0.15, 0.2) is 6.61 Å². The first-order valence-electron chi connectivity index (χ1n) is 9.56. The van der Waals surface area contributed by atoms with E-state index in [4.69, 9.17) is 4.74 Å². The SMILES string of the molecule is CCc1cc(N2CCN(C(=O)COc3cccc(C)c3)CC2)nc2nncn12. The maximum atomic E-state index is 12.5. The summed E-state index contributed by atoms with van der Waals surface area (Å²) in [6.45, 7) is 6.93. The molecule has 0 bridgehead atoms. The van der Waals surface area contributed by atoms with Gasteiger partial charge in [0.25, 0.3) is 11.7 Å². The second-order valence-electron chi connectivity index (χ2n) is 6.93. The van der Waals surface area contributed by atoms with Gasteiger partial charge >= 0.3 is 0 Å². The van der Waals surface area contributed by atoms with Gasteiger partial charge in [0.05, 0.1) is 0 Å². The molecule has 28 heavy (non-hydrogen) atoms. The average molecular weight is 380 g/mol. The number of carbonyl (C=O) groups excluding carboxylic acids is 1. The zero-order valence-electron chi connectivity index (χ0n) is 16.2. The summed E-state index contributed by atoms with van der Waals surface area (Å²) < 4.78 is 7.56. The lowest BCUT2D eigenvalue weighted by molar-refractivity contribution is -0.133. The van der Waals surface area contributed by atoms with E-state index in [0.717, 1.165) is 42.3 Å². The zero-order valence-corrected chi connectivity index (χ0v) is 16.2. The predicted octanol–water partition coefficient (Wildman–Crippen LogP) is 1.72. The van der Waals surface area contributed by atoms with Crippen molar-refractivity contribution in [3.63, 3.8) is 0 Å². The monoisotopic (exact) mass is 380 g/mol. The molecule has 3 heterocycles. The third-order valence-electron chi connectivity index (χ3n) is 5.02. The van der Waals surface area contributed by atoms with Crippen LogP contribution < -0.4 is 9.64 Å². The van der Waals surface area contributed by atoms with E-state index in [2.05, 4.69) is 33.1 Å². The molecular formula is C20H24N6O2. The fraction of sp³-hybridized carbons (Fsp3) is 0.400. The van der Waals surface area contributed by atoms with E-state index in [1.54, 1.807) is 6.33 Å². The van der Waals surface area contributed by atoms with Crippen LogP contribution in [0.2, 0.25) is 0 Å². The minimum Gasteiger partial charge on any atom is -0.484 e. The first-order chi connectivity index (χ1) is 13.6. The highest BCUT2D eigenvalue weighted by Crippen LogP contribution is 2.18. The number of fused-ring (bicyclic) bond motifs is 1. The Balaban J connectivity index is 1.36. The van der Waals surface area contributed by atoms with Crippen LogP contribution >= 0.6 is 0 Å². The topological polar surface area (TPSA) is 75.9 Å². The molecule has 1 saturated heterocycles. The fourth-order valence-corrected chi connectivity index (χ4v) is 3.42. The molecule has 0 aliphatic carbocycles. The molecule has 146 valence electrons. The summed E-state index contributed by atoms with van der Waals surface area (Å²) >= 11 is 0. The molecular weight excluding hydrogens is 356 g/mol. The number of hydrogen-bond donors (Lipinski definition) is 0. The molecule has 1 aromatic carbocycles. The Morgan fingerprint density at radius 3 is 2.75 bits per heavy atom. The Morgan fingerprint density at radius 1 is 1.18 bits per heavy atom. The summed E-state index contributed by atoms with van der Waals surface area (Å²) in [4.78, 5) is 21.1. The molecule has 0 unspecified atom stereocenters. The number of piperazine rings is 1. The Morgan fingerprint density at radius 2 is 2.00 bits per heavy atom. The van der Waals surface area contributed by atoms with E-state index in [-0.39, 0.29) is 12.5 Å². The Labute approximate surface area is 163 Å². The molecule has 0 radical (unpaired) electrons. The number of rotatable bonds is 5. The van der Waals surface area contributed by atoms with Crippen LogP contribution in [-0.2, 0) is 11.2 Å². The Bertz CT molecular complexity index is 978. The molecule has 1 aliphatic heterocycles. The second-order valence-corrected chi connectivity index (χ2v) is 6.93. The summed E-state index contributed by atoms with van der Waals surface area (Å²) in [6.07, 6.45) is 2.56. The van der Waals surface area contributed by atoms with Crippen molar-refractivity contribution < 1.29 is 9.53 Å². The van der Waals surface area contributed by atoms with Crippen LogP contribution in [0, 0.1) is 6.92 Å². The molecule has 2 aromatic heterocycles. The molecule has 0 spiro atoms. The molecule has 8 nitrogen and oxygen atoms in total. The van der Waals surface area contributed by atoms with Gasteiger partial charge in [0.1, 0.15) is 17.9 Å². The Kier molecular flexibility index (Phi) is 5.10. The summed E-state index contributed by atoms with van der Waals surface area (Å²) in [7, 11) is 0. The lowest BCUT2D eigenvalue weighted by Crippen LogP contribution is -2.50. The van der Waals surface area contributed by atoms with Gasteiger partial charge in [-0.15, -0.1) is 10.2 Å². The number of benzene rings is 1. The van der Waals surface area contributed by atoms with Crippen LogP contribution in [0.3, 0.4) is 0 Å². The van der Waals surface area contributed by atoms with Crippen molar-refractivity contribution in [1.29, 1.82) is 0 Å². The van der Waals surface area contributed by atoms with Gasteiger partial charge in [-0.25, -0.2) is 0 Å². The number of aromatic nitrogens is 4. The number of carbonyl (C=O) groups is 1. The van der Waals surface area contributed by atoms with Gasteiger partial charge in [-0.05, 0) is 31.0 Å². The summed E-state index contributed by atoms with van der Waals surface area (Å²) in [5, 5.41) is 8.03. The highest BCUT2D eigenvalue weighted by molar-refractivity contribution is 5.78. The molecule has 8 heteroatoms. The number of hydrogen-bond acceptors (Lipinski definition) is 6. The quantitative estimate of drug-likeness (QED) is 0.671. The van der Waals surface area contributed by atoms with Crippen molar-refractivity contribution in [1.82, 2.24) is 24.5 Å². The smallest absolute Gasteiger partial charge is 0.260 e. The number of anilines is 1. The molecule has 3 aromatic rings. The van der Waals surface area contributed by atoms with Gasteiger partial charge in [-0.2, -0.15) is 4.98 Å². The van der Waals surface area contributed by atoms with Crippen LogP contribution in [0.1, 0.15) is 18.2 Å². The van der Waals surface area contributed by atoms with Gasteiger partial charge in [0.2, 0.25) is 0 Å². The second kappa shape index (κ2) is 7.84. The number of nitrogens with zero attached hydrogens (tertiary/aromatic N) is 6. The van der Waals surface area contributed by atoms with E-state index in [1.165, 1.54) is 0 Å². The molecule has 1 fully saturated rings. The largest absolute Gasteiger partial charge is 0.484 e. The molecule has 4 rings (SSSR count). The standard InChI is InChI=1S/C20H24N6O2/c1-3-16-12-18(22-20-23-21-14-26(16)20)24-7-9-25(10-8-24)19(27)13-28-17-6-4-5-15(2)11-17/h4-6,11-12,14H,3,7-10,13H2,1-2H3. The molecule has 0 saturated carbocycles. The molecule has 0 N–H and O–H groups in total. The predicted molar refractivity (Wildman–Crippen MR) is 106 cm³/mol. The lowest BCUT2D eigenvalue weighted by atomic mass is 10.2.